The molecule has 2 aliphatic rings. The first kappa shape index (κ1) is 24.6. The van der Waals surface area contributed by atoms with Gasteiger partial charge in [0.2, 0.25) is 5.91 Å². The van der Waals surface area contributed by atoms with Crippen molar-refractivity contribution < 1.29 is 19.5 Å². The summed E-state index contributed by atoms with van der Waals surface area (Å²) in [5, 5.41) is 13.8. The Kier molecular flexibility index (Phi) is 6.46. The number of ketones is 1. The zero-order valence-corrected chi connectivity index (χ0v) is 20.6. The van der Waals surface area contributed by atoms with Crippen LogP contribution in [0.5, 0.6) is 5.88 Å². The summed E-state index contributed by atoms with van der Waals surface area (Å²) < 4.78 is 0. The van der Waals surface area contributed by atoms with Crippen LogP contribution in [0.1, 0.15) is 42.2 Å². The van der Waals surface area contributed by atoms with Crippen LogP contribution in [-0.4, -0.2) is 89.6 Å². The van der Waals surface area contributed by atoms with Gasteiger partial charge in [-0.2, -0.15) is 0 Å². The number of rotatable bonds is 7. The fourth-order valence-electron chi connectivity index (χ4n) is 4.88. The molecule has 1 fully saturated rings. The number of nitrogens with two attached hydrogens (primary N) is 1. The summed E-state index contributed by atoms with van der Waals surface area (Å²) in [6.45, 7) is 3.41. The van der Waals surface area contributed by atoms with Gasteiger partial charge in [-0.1, -0.05) is 36.4 Å². The first-order valence-corrected chi connectivity index (χ1v) is 12.0. The van der Waals surface area contributed by atoms with Crippen LogP contribution in [0.2, 0.25) is 0 Å². The molecule has 2 amide bonds. The Morgan fingerprint density at radius 2 is 1.57 bits per heavy atom. The van der Waals surface area contributed by atoms with Gasteiger partial charge in [0, 0.05) is 42.9 Å². The number of benzene rings is 2. The van der Waals surface area contributed by atoms with Gasteiger partial charge in [0.25, 0.3) is 5.91 Å². The third-order valence-corrected chi connectivity index (χ3v) is 6.97. The van der Waals surface area contributed by atoms with E-state index in [4.69, 9.17) is 5.73 Å². The summed E-state index contributed by atoms with van der Waals surface area (Å²) in [7, 11) is 3.85. The maximum Gasteiger partial charge on any atom is 0.280 e. The zero-order chi connectivity index (χ0) is 26.3. The van der Waals surface area contributed by atoms with Gasteiger partial charge in [-0.25, -0.2) is 4.99 Å². The number of nitrogens with zero attached hydrogens (tertiary/aromatic N) is 3. The van der Waals surface area contributed by atoms with Gasteiger partial charge in [0.1, 0.15) is 6.17 Å². The highest BCUT2D eigenvalue weighted by molar-refractivity contribution is 6.30. The van der Waals surface area contributed by atoms with Gasteiger partial charge >= 0.3 is 0 Å². The van der Waals surface area contributed by atoms with Crippen LogP contribution in [0.15, 0.2) is 53.5 Å². The Labute approximate surface area is 213 Å². The average Bonchev–Trinajstić information content (AvgIpc) is 3.43. The smallest absolute Gasteiger partial charge is 0.280 e. The van der Waals surface area contributed by atoms with Crippen molar-refractivity contribution in [1.82, 2.24) is 20.1 Å². The van der Waals surface area contributed by atoms with E-state index in [0.717, 1.165) is 26.2 Å². The van der Waals surface area contributed by atoms with Gasteiger partial charge in [-0.3, -0.25) is 24.6 Å². The second-order valence-electron chi connectivity index (χ2n) is 9.28. The predicted molar refractivity (Wildman–Crippen MR) is 139 cm³/mol. The molecule has 5 N–H and O–H groups in total. The fourth-order valence-corrected chi connectivity index (χ4v) is 4.88. The minimum absolute atomic E-state index is 0.0285. The Hall–Kier alpha value is -4.12. The highest BCUT2D eigenvalue weighted by Crippen LogP contribution is 2.38. The van der Waals surface area contributed by atoms with Crippen LogP contribution in [0, 0.1) is 0 Å². The lowest BCUT2D eigenvalue weighted by molar-refractivity contribution is 0.0650. The number of piperazine rings is 1. The standard InChI is InChI=1S/C27H28N6O4/c1-29-25(33-13-11-32(2)12-14-33)23(34)17-7-3-15(4-8-17)21-19-20(27(37)30-21)22(31-26(19)36)16-5-9-18(10-6-16)24(28)35/h3-10,25,29-30,37H,11-14H2,1-2H3,(H2,28,35). The number of H-pyrrole nitrogens is 1. The Bertz CT molecular complexity index is 1400. The second kappa shape index (κ2) is 9.74. The molecule has 0 bridgehead atoms. The van der Waals surface area contributed by atoms with E-state index in [1.165, 1.54) is 0 Å². The number of aromatic hydroxyl groups is 1. The van der Waals surface area contributed by atoms with Gasteiger partial charge in [0.05, 0.1) is 22.5 Å². The molecule has 0 spiro atoms. The third-order valence-electron chi connectivity index (χ3n) is 6.97. The summed E-state index contributed by atoms with van der Waals surface area (Å²) in [6, 6.07) is 13.3. The number of carbonyl (C=O) groups excluding carboxylic acids is 3. The van der Waals surface area contributed by atoms with E-state index in [1.54, 1.807) is 55.6 Å². The maximum absolute atomic E-state index is 13.2. The summed E-state index contributed by atoms with van der Waals surface area (Å²) in [5.74, 6) is -1.26. The molecule has 1 aromatic heterocycles. The lowest BCUT2D eigenvalue weighted by Gasteiger charge is -2.37. The number of aromatic nitrogens is 1. The molecule has 190 valence electrons. The van der Waals surface area contributed by atoms with Gasteiger partial charge in [-0.15, -0.1) is 0 Å². The highest BCUT2D eigenvalue weighted by Gasteiger charge is 2.34. The average molecular weight is 501 g/mol. The number of likely N-dealkylation sites (N-methyl/N-ethyl adjacent to an activating group) is 2. The van der Waals surface area contributed by atoms with Crippen LogP contribution in [0.4, 0.5) is 0 Å². The molecule has 1 saturated heterocycles. The lowest BCUT2D eigenvalue weighted by atomic mass is 9.98. The van der Waals surface area contributed by atoms with E-state index >= 15 is 0 Å². The molecule has 5 rings (SSSR count). The Morgan fingerprint density at radius 3 is 2.16 bits per heavy atom. The van der Waals surface area contributed by atoms with Crippen LogP contribution < -0.4 is 11.1 Å². The largest absolute Gasteiger partial charge is 0.494 e. The number of amides is 2. The molecule has 1 atom stereocenters. The van der Waals surface area contributed by atoms with Gasteiger partial charge < -0.3 is 20.7 Å². The Balaban J connectivity index is 1.41. The van der Waals surface area contributed by atoms with Crippen molar-refractivity contribution in [2.45, 2.75) is 6.17 Å². The fraction of sp³-hybridized carbons (Fsp3) is 0.259. The maximum atomic E-state index is 13.2. The SMILES string of the molecule is CNC(C(=O)c1ccc(-c2[nH]c(O)c3c2C(=O)N=C3c2ccc(C(N)=O)cc2)cc1)N1CCN(C)CC1. The molecule has 37 heavy (non-hydrogen) atoms. The number of carbonyl (C=O) groups is 3. The van der Waals surface area contributed by atoms with Crippen LogP contribution in [-0.2, 0) is 0 Å². The van der Waals surface area contributed by atoms with Crippen molar-refractivity contribution in [3.63, 3.8) is 0 Å². The van der Waals surface area contributed by atoms with Crippen LogP contribution >= 0.6 is 0 Å². The van der Waals surface area contributed by atoms with Crippen molar-refractivity contribution in [2.75, 3.05) is 40.3 Å². The highest BCUT2D eigenvalue weighted by atomic mass is 16.3. The normalized spacial score (nSPS) is 16.9. The number of primary amides is 1. The molecule has 1 unspecified atom stereocenters. The zero-order valence-electron chi connectivity index (χ0n) is 20.6. The monoisotopic (exact) mass is 500 g/mol. The van der Waals surface area contributed by atoms with Crippen molar-refractivity contribution in [1.29, 1.82) is 0 Å². The van der Waals surface area contributed by atoms with E-state index in [0.29, 0.717) is 39.2 Å². The molecule has 0 saturated carbocycles. The molecule has 2 aliphatic heterocycles. The first-order valence-electron chi connectivity index (χ1n) is 12.0. The quantitative estimate of drug-likeness (QED) is 0.360. The van der Waals surface area contributed by atoms with Gasteiger partial charge in [-0.05, 0) is 31.8 Å². The number of fused-ring (bicyclic) bond motifs is 1. The summed E-state index contributed by atoms with van der Waals surface area (Å²) >= 11 is 0. The molecule has 2 aromatic carbocycles. The van der Waals surface area contributed by atoms with Crippen molar-refractivity contribution >= 4 is 23.3 Å². The third kappa shape index (κ3) is 4.46. The molecule has 0 radical (unpaired) electrons. The van der Waals surface area contributed by atoms with E-state index in [2.05, 4.69) is 32.1 Å². The summed E-state index contributed by atoms with van der Waals surface area (Å²) in [5.41, 5.74) is 8.70. The summed E-state index contributed by atoms with van der Waals surface area (Å²) in [4.78, 5) is 48.9. The van der Waals surface area contributed by atoms with E-state index in [9.17, 15) is 19.5 Å². The molecule has 10 heteroatoms. The minimum Gasteiger partial charge on any atom is -0.494 e. The van der Waals surface area contributed by atoms with Crippen LogP contribution in [0.3, 0.4) is 0 Å². The van der Waals surface area contributed by atoms with Crippen molar-refractivity contribution in [3.8, 4) is 17.1 Å². The van der Waals surface area contributed by atoms with E-state index in [1.807, 2.05) is 0 Å². The number of aromatic amines is 1. The molecule has 3 heterocycles. The number of aliphatic imine (C=N–C) groups is 1. The second-order valence-corrected chi connectivity index (χ2v) is 9.28. The predicted octanol–water partition coefficient (Wildman–Crippen LogP) is 1.45. The number of nitrogens with one attached hydrogen (secondary N) is 2. The van der Waals surface area contributed by atoms with Crippen LogP contribution in [0.25, 0.3) is 11.3 Å². The first-order chi connectivity index (χ1) is 17.8. The molecular weight excluding hydrogens is 472 g/mol. The minimum atomic E-state index is -0.560. The lowest BCUT2D eigenvalue weighted by Crippen LogP contribution is -2.56. The van der Waals surface area contributed by atoms with E-state index in [-0.39, 0.29) is 17.2 Å². The van der Waals surface area contributed by atoms with Crippen molar-refractivity contribution in [3.05, 3.63) is 76.3 Å². The number of Topliss-reactive ketones (excluding diaryl/α,β-unsaturated/α-hetero) is 1. The van der Waals surface area contributed by atoms with E-state index < -0.39 is 18.0 Å². The van der Waals surface area contributed by atoms with Crippen molar-refractivity contribution in [2.24, 2.45) is 10.7 Å². The number of hydrogen-bond acceptors (Lipinski definition) is 7. The summed E-state index contributed by atoms with van der Waals surface area (Å²) in [6.07, 6.45) is -0.420. The molecular formula is C27H28N6O4. The number of hydrogen-bond donors (Lipinski definition) is 4. The van der Waals surface area contributed by atoms with Gasteiger partial charge in [0.15, 0.2) is 11.7 Å². The molecule has 0 aliphatic carbocycles. The molecule has 10 nitrogen and oxygen atoms in total. The topological polar surface area (TPSA) is 144 Å². The Morgan fingerprint density at radius 1 is 0.973 bits per heavy atom. The molecule has 3 aromatic rings.